The number of rotatable bonds is 12. The van der Waals surface area contributed by atoms with Crippen LogP contribution >= 0.6 is 0 Å². The van der Waals surface area contributed by atoms with Crippen molar-refractivity contribution in [1.29, 1.82) is 0 Å². The van der Waals surface area contributed by atoms with Crippen LogP contribution in [0.25, 0.3) is 0 Å². The van der Waals surface area contributed by atoms with E-state index in [1.807, 2.05) is 0 Å². The van der Waals surface area contributed by atoms with E-state index in [1.54, 1.807) is 11.1 Å². The molecule has 0 saturated carbocycles. The third kappa shape index (κ3) is 7.26. The first-order valence-electron chi connectivity index (χ1n) is 10.9. The van der Waals surface area contributed by atoms with E-state index in [0.717, 1.165) is 13.1 Å². The van der Waals surface area contributed by atoms with Gasteiger partial charge in [-0.05, 0) is 49.7 Å². The lowest BCUT2D eigenvalue weighted by atomic mass is 9.97. The van der Waals surface area contributed by atoms with E-state index in [0.29, 0.717) is 0 Å². The number of benzene rings is 1. The molecular formula is C26H34N2+2. The van der Waals surface area contributed by atoms with Gasteiger partial charge in [-0.15, -0.1) is 0 Å². The molecule has 0 spiro atoms. The van der Waals surface area contributed by atoms with Crippen molar-refractivity contribution in [3.8, 4) is 0 Å². The summed E-state index contributed by atoms with van der Waals surface area (Å²) in [7, 11) is 0. The van der Waals surface area contributed by atoms with Crippen molar-refractivity contribution in [3.63, 3.8) is 0 Å². The highest BCUT2D eigenvalue weighted by molar-refractivity contribution is 5.27. The molecule has 0 amide bonds. The van der Waals surface area contributed by atoms with Crippen molar-refractivity contribution < 1.29 is 9.13 Å². The number of hydrogen-bond acceptors (Lipinski definition) is 0. The van der Waals surface area contributed by atoms with E-state index >= 15 is 0 Å². The molecule has 0 bridgehead atoms. The Hall–Kier alpha value is -2.48. The highest BCUT2D eigenvalue weighted by atomic mass is 14.9. The van der Waals surface area contributed by atoms with Gasteiger partial charge in [-0.1, -0.05) is 36.4 Å². The molecule has 2 heteroatoms. The first-order chi connectivity index (χ1) is 13.9. The lowest BCUT2D eigenvalue weighted by Gasteiger charge is -2.09. The third-order valence-electron chi connectivity index (χ3n) is 5.40. The van der Waals surface area contributed by atoms with Gasteiger partial charge >= 0.3 is 0 Å². The van der Waals surface area contributed by atoms with E-state index in [2.05, 4.69) is 94.6 Å². The minimum Gasteiger partial charge on any atom is -0.205 e. The van der Waals surface area contributed by atoms with Crippen LogP contribution in [0, 0.1) is 0 Å². The van der Waals surface area contributed by atoms with E-state index < -0.39 is 0 Å². The zero-order valence-electron chi connectivity index (χ0n) is 17.0. The normalized spacial score (nSPS) is 10.9. The molecular weight excluding hydrogens is 340 g/mol. The van der Waals surface area contributed by atoms with Crippen LogP contribution in [0.1, 0.15) is 49.7 Å². The summed E-state index contributed by atoms with van der Waals surface area (Å²) in [6.07, 6.45) is 18.8. The first kappa shape index (κ1) is 20.3. The monoisotopic (exact) mass is 374 g/mol. The number of aryl methyl sites for hydroxylation is 4. The molecule has 2 nitrogen and oxygen atoms in total. The Morgan fingerprint density at radius 1 is 0.429 bits per heavy atom. The Morgan fingerprint density at radius 3 is 1.29 bits per heavy atom. The van der Waals surface area contributed by atoms with Gasteiger partial charge in [-0.3, -0.25) is 0 Å². The maximum absolute atomic E-state index is 2.33. The lowest BCUT2D eigenvalue weighted by Crippen LogP contribution is -2.32. The Kier molecular flexibility index (Phi) is 8.73. The molecule has 0 atom stereocenters. The van der Waals surface area contributed by atoms with Gasteiger partial charge in [-0.25, -0.2) is 9.13 Å². The van der Waals surface area contributed by atoms with Crippen molar-refractivity contribution in [2.75, 3.05) is 0 Å². The van der Waals surface area contributed by atoms with Crippen LogP contribution in [-0.4, -0.2) is 0 Å². The quantitative estimate of drug-likeness (QED) is 0.308. The highest BCUT2D eigenvalue weighted by Crippen LogP contribution is 2.16. The van der Waals surface area contributed by atoms with Gasteiger partial charge < -0.3 is 0 Å². The number of pyridine rings is 2. The largest absolute Gasteiger partial charge is 0.205 e. The van der Waals surface area contributed by atoms with Crippen LogP contribution in [0.15, 0.2) is 85.5 Å². The molecule has 3 aromatic rings. The van der Waals surface area contributed by atoms with Crippen molar-refractivity contribution in [3.05, 3.63) is 96.6 Å². The van der Waals surface area contributed by atoms with Crippen LogP contribution in [-0.2, 0) is 25.9 Å². The lowest BCUT2D eigenvalue weighted by molar-refractivity contribution is -0.697. The third-order valence-corrected chi connectivity index (χ3v) is 5.40. The van der Waals surface area contributed by atoms with Gasteiger partial charge in [0, 0.05) is 37.1 Å². The fourth-order valence-corrected chi connectivity index (χ4v) is 3.79. The molecule has 2 aromatic heterocycles. The minimum atomic E-state index is 1.13. The van der Waals surface area contributed by atoms with Crippen molar-refractivity contribution in [1.82, 2.24) is 0 Å². The van der Waals surface area contributed by atoms with Gasteiger partial charge in [-0.2, -0.15) is 0 Å². The molecule has 28 heavy (non-hydrogen) atoms. The molecule has 2 heterocycles. The standard InChI is InChI=1S/C26H34N2/c1(9-19-27-21-11-3-12-22-27)5-15-25-17-7-8-18-26(25)16-6-2-10-20-28-23-13-4-14-24-28/h3-4,7-8,11-14,17-18,21-24H,1-2,5-6,9-10,15-16,19-20H2/q+2. The van der Waals surface area contributed by atoms with Gasteiger partial charge in [0.2, 0.25) is 0 Å². The number of nitrogens with zero attached hydrogens (tertiary/aromatic N) is 2. The summed E-state index contributed by atoms with van der Waals surface area (Å²) < 4.78 is 4.56. The van der Waals surface area contributed by atoms with Crippen molar-refractivity contribution in [2.24, 2.45) is 0 Å². The molecule has 1 aromatic carbocycles. The molecule has 0 N–H and O–H groups in total. The number of unbranched alkanes of at least 4 members (excludes halogenated alkanes) is 4. The molecule has 3 rings (SSSR count). The average Bonchev–Trinajstić information content (AvgIpc) is 2.76. The second-order valence-electron chi connectivity index (χ2n) is 7.62. The second-order valence-corrected chi connectivity index (χ2v) is 7.62. The fourth-order valence-electron chi connectivity index (χ4n) is 3.79. The predicted octanol–water partition coefficient (Wildman–Crippen LogP) is 5.09. The molecule has 0 aliphatic heterocycles. The predicted molar refractivity (Wildman–Crippen MR) is 115 cm³/mol. The smallest absolute Gasteiger partial charge is 0.168 e. The summed E-state index contributed by atoms with van der Waals surface area (Å²) >= 11 is 0. The molecule has 146 valence electrons. The van der Waals surface area contributed by atoms with Crippen LogP contribution in [0.3, 0.4) is 0 Å². The topological polar surface area (TPSA) is 7.76 Å². The second kappa shape index (κ2) is 12.1. The summed E-state index contributed by atoms with van der Waals surface area (Å²) in [5.41, 5.74) is 3.12. The van der Waals surface area contributed by atoms with Gasteiger partial charge in [0.15, 0.2) is 24.8 Å². The van der Waals surface area contributed by atoms with Crippen molar-refractivity contribution >= 4 is 0 Å². The van der Waals surface area contributed by atoms with Crippen LogP contribution in [0.5, 0.6) is 0 Å². The summed E-state index contributed by atoms with van der Waals surface area (Å²) in [6.45, 7) is 2.25. The first-order valence-corrected chi connectivity index (χ1v) is 10.9. The van der Waals surface area contributed by atoms with Crippen LogP contribution in [0.4, 0.5) is 0 Å². The van der Waals surface area contributed by atoms with Gasteiger partial charge in [0.1, 0.15) is 13.1 Å². The number of aromatic nitrogens is 2. The highest BCUT2D eigenvalue weighted by Gasteiger charge is 2.04. The van der Waals surface area contributed by atoms with Crippen LogP contribution < -0.4 is 9.13 Å². The van der Waals surface area contributed by atoms with Crippen molar-refractivity contribution in [2.45, 2.75) is 64.5 Å². The van der Waals surface area contributed by atoms with E-state index in [9.17, 15) is 0 Å². The molecule has 0 saturated heterocycles. The number of hydrogen-bond donors (Lipinski definition) is 0. The Morgan fingerprint density at radius 2 is 0.857 bits per heavy atom. The zero-order chi connectivity index (χ0) is 19.3. The van der Waals surface area contributed by atoms with E-state index in [1.165, 1.54) is 51.4 Å². The minimum absolute atomic E-state index is 1.13. The maximum atomic E-state index is 2.33. The Balaban J connectivity index is 1.33. The fraction of sp³-hybridized carbons (Fsp3) is 0.385. The Bertz CT molecular complexity index is 715. The summed E-state index contributed by atoms with van der Waals surface area (Å²) in [5, 5.41) is 0. The molecule has 0 fully saturated rings. The summed E-state index contributed by atoms with van der Waals surface area (Å²) in [6, 6.07) is 21.6. The summed E-state index contributed by atoms with van der Waals surface area (Å²) in [4.78, 5) is 0. The average molecular weight is 375 g/mol. The van der Waals surface area contributed by atoms with E-state index in [4.69, 9.17) is 0 Å². The zero-order valence-corrected chi connectivity index (χ0v) is 17.0. The van der Waals surface area contributed by atoms with Gasteiger partial charge in [0.05, 0.1) is 0 Å². The molecule has 0 aliphatic carbocycles. The molecule has 0 unspecified atom stereocenters. The SMILES string of the molecule is c1cc[n+](CCCCCc2ccccc2CCCCC[n+]2ccccc2)cc1. The molecule has 0 radical (unpaired) electrons. The van der Waals surface area contributed by atoms with Crippen LogP contribution in [0.2, 0.25) is 0 Å². The summed E-state index contributed by atoms with van der Waals surface area (Å²) in [5.74, 6) is 0. The molecule has 0 aliphatic rings. The van der Waals surface area contributed by atoms with E-state index in [-0.39, 0.29) is 0 Å². The Labute approximate surface area is 170 Å². The van der Waals surface area contributed by atoms with Gasteiger partial charge in [0.25, 0.3) is 0 Å². The maximum Gasteiger partial charge on any atom is 0.168 e.